The molecule has 0 saturated carbocycles. The Labute approximate surface area is 109 Å². The highest BCUT2D eigenvalue weighted by molar-refractivity contribution is 9.09. The van der Waals surface area contributed by atoms with E-state index in [0.29, 0.717) is 0 Å². The maximum absolute atomic E-state index is 6.24. The number of aryl methyl sites for hydroxylation is 1. The summed E-state index contributed by atoms with van der Waals surface area (Å²) in [6.45, 7) is 2.04. The van der Waals surface area contributed by atoms with Crippen molar-refractivity contribution >= 4 is 27.5 Å². The van der Waals surface area contributed by atoms with Crippen molar-refractivity contribution in [1.29, 1.82) is 0 Å². The van der Waals surface area contributed by atoms with Gasteiger partial charge in [-0.2, -0.15) is 0 Å². The first-order valence-electron chi connectivity index (χ1n) is 5.13. The molecule has 0 N–H and O–H groups in total. The molecule has 0 nitrogen and oxygen atoms in total. The summed E-state index contributed by atoms with van der Waals surface area (Å²) >= 11 is 9.93. The maximum Gasteiger partial charge on any atom is 0.0659 e. The lowest BCUT2D eigenvalue weighted by Crippen LogP contribution is -1.93. The largest absolute Gasteiger partial charge is 0.0840 e. The molecule has 1 unspecified atom stereocenters. The third-order valence-electron chi connectivity index (χ3n) is 2.52. The average Bonchev–Trinajstić information content (AvgIpc) is 2.29. The summed E-state index contributed by atoms with van der Waals surface area (Å²) in [7, 11) is 0. The molecular formula is C14H12BrCl. The zero-order valence-corrected chi connectivity index (χ0v) is 11.3. The second-order valence-corrected chi connectivity index (χ2v) is 5.12. The minimum absolute atomic E-state index is 0.154. The Hall–Kier alpha value is -0.790. The Bertz CT molecular complexity index is 479. The monoisotopic (exact) mass is 294 g/mol. The molecule has 0 fully saturated rings. The maximum atomic E-state index is 6.24. The van der Waals surface area contributed by atoms with Crippen molar-refractivity contribution in [3.05, 3.63) is 70.2 Å². The first kappa shape index (κ1) is 11.7. The van der Waals surface area contributed by atoms with Crippen molar-refractivity contribution < 1.29 is 0 Å². The van der Waals surface area contributed by atoms with E-state index in [2.05, 4.69) is 40.2 Å². The van der Waals surface area contributed by atoms with Crippen LogP contribution >= 0.6 is 27.5 Å². The average molecular weight is 296 g/mol. The number of hydrogen-bond acceptors (Lipinski definition) is 0. The first-order chi connectivity index (χ1) is 7.68. The van der Waals surface area contributed by atoms with Crippen LogP contribution in [0.1, 0.15) is 21.5 Å². The first-order valence-corrected chi connectivity index (χ1v) is 6.43. The van der Waals surface area contributed by atoms with Crippen molar-refractivity contribution in [1.82, 2.24) is 0 Å². The predicted octanol–water partition coefficient (Wildman–Crippen LogP) is 5.13. The van der Waals surface area contributed by atoms with Crippen LogP contribution in [0.2, 0.25) is 5.02 Å². The third-order valence-corrected chi connectivity index (χ3v) is 3.87. The van der Waals surface area contributed by atoms with Gasteiger partial charge < -0.3 is 0 Å². The van der Waals surface area contributed by atoms with E-state index in [1.54, 1.807) is 0 Å². The molecule has 2 aromatic carbocycles. The smallest absolute Gasteiger partial charge is 0.0659 e. The van der Waals surface area contributed by atoms with Gasteiger partial charge in [0.2, 0.25) is 0 Å². The van der Waals surface area contributed by atoms with Gasteiger partial charge in [0.1, 0.15) is 0 Å². The van der Waals surface area contributed by atoms with Crippen molar-refractivity contribution in [3.8, 4) is 0 Å². The minimum Gasteiger partial charge on any atom is -0.0840 e. The third kappa shape index (κ3) is 2.47. The number of rotatable bonds is 2. The van der Waals surface area contributed by atoms with Gasteiger partial charge in [-0.1, -0.05) is 70.0 Å². The molecule has 0 heterocycles. The van der Waals surface area contributed by atoms with Crippen LogP contribution < -0.4 is 0 Å². The van der Waals surface area contributed by atoms with Gasteiger partial charge in [0.05, 0.1) is 4.83 Å². The fourth-order valence-corrected chi connectivity index (χ4v) is 2.82. The van der Waals surface area contributed by atoms with Gasteiger partial charge in [0, 0.05) is 5.02 Å². The van der Waals surface area contributed by atoms with Crippen LogP contribution in [0.4, 0.5) is 0 Å². The zero-order chi connectivity index (χ0) is 11.5. The van der Waals surface area contributed by atoms with Crippen molar-refractivity contribution in [2.75, 3.05) is 0 Å². The fourth-order valence-electron chi connectivity index (χ4n) is 1.64. The molecule has 16 heavy (non-hydrogen) atoms. The van der Waals surface area contributed by atoms with Crippen LogP contribution in [0.5, 0.6) is 0 Å². The Morgan fingerprint density at radius 1 is 1.06 bits per heavy atom. The lowest BCUT2D eigenvalue weighted by molar-refractivity contribution is 1.17. The predicted molar refractivity (Wildman–Crippen MR) is 73.4 cm³/mol. The molecule has 0 radical (unpaired) electrons. The Balaban J connectivity index is 2.38. The molecular weight excluding hydrogens is 284 g/mol. The van der Waals surface area contributed by atoms with E-state index >= 15 is 0 Å². The van der Waals surface area contributed by atoms with Crippen LogP contribution in [0.25, 0.3) is 0 Å². The molecule has 0 aliphatic carbocycles. The van der Waals surface area contributed by atoms with Crippen LogP contribution in [-0.2, 0) is 0 Å². The van der Waals surface area contributed by atoms with Crippen LogP contribution in [-0.4, -0.2) is 0 Å². The van der Waals surface area contributed by atoms with Crippen molar-refractivity contribution in [3.63, 3.8) is 0 Å². The normalized spacial score (nSPS) is 12.4. The van der Waals surface area contributed by atoms with Gasteiger partial charge in [-0.05, 0) is 29.7 Å². The lowest BCUT2D eigenvalue weighted by Gasteiger charge is -2.12. The summed E-state index contributed by atoms with van der Waals surface area (Å²) in [6.07, 6.45) is 0. The van der Waals surface area contributed by atoms with Gasteiger partial charge in [-0.25, -0.2) is 0 Å². The topological polar surface area (TPSA) is 0 Å². The summed E-state index contributed by atoms with van der Waals surface area (Å²) in [5.41, 5.74) is 3.51. The van der Waals surface area contributed by atoms with Gasteiger partial charge >= 0.3 is 0 Å². The molecule has 0 spiro atoms. The van der Waals surface area contributed by atoms with E-state index in [9.17, 15) is 0 Å². The number of alkyl halides is 1. The SMILES string of the molecule is Cc1ccc(C(Br)c2ccccc2)c(Cl)c1. The molecule has 82 valence electrons. The molecule has 2 rings (SSSR count). The van der Waals surface area contributed by atoms with Gasteiger partial charge in [-0.15, -0.1) is 0 Å². The summed E-state index contributed by atoms with van der Waals surface area (Å²) < 4.78 is 0. The molecule has 0 bridgehead atoms. The summed E-state index contributed by atoms with van der Waals surface area (Å²) in [4.78, 5) is 0.154. The number of benzene rings is 2. The molecule has 2 aromatic rings. The quantitative estimate of drug-likeness (QED) is 0.674. The number of halogens is 2. The van der Waals surface area contributed by atoms with Crippen LogP contribution in [0, 0.1) is 6.92 Å². The fraction of sp³-hybridized carbons (Fsp3) is 0.143. The lowest BCUT2D eigenvalue weighted by atomic mass is 10.0. The second kappa shape index (κ2) is 5.03. The van der Waals surface area contributed by atoms with E-state index in [0.717, 1.165) is 10.6 Å². The van der Waals surface area contributed by atoms with Crippen LogP contribution in [0.3, 0.4) is 0 Å². The molecule has 0 saturated heterocycles. The second-order valence-electron chi connectivity index (χ2n) is 3.80. The van der Waals surface area contributed by atoms with Crippen molar-refractivity contribution in [2.45, 2.75) is 11.8 Å². The molecule has 2 heteroatoms. The van der Waals surface area contributed by atoms with Crippen molar-refractivity contribution in [2.24, 2.45) is 0 Å². The molecule has 0 aromatic heterocycles. The van der Waals surface area contributed by atoms with E-state index in [4.69, 9.17) is 11.6 Å². The van der Waals surface area contributed by atoms with E-state index in [1.165, 1.54) is 11.1 Å². The minimum atomic E-state index is 0.154. The summed E-state index contributed by atoms with van der Waals surface area (Å²) in [5.74, 6) is 0. The highest BCUT2D eigenvalue weighted by Gasteiger charge is 2.12. The Morgan fingerprint density at radius 2 is 1.75 bits per heavy atom. The highest BCUT2D eigenvalue weighted by Crippen LogP contribution is 2.35. The van der Waals surface area contributed by atoms with Gasteiger partial charge in [-0.3, -0.25) is 0 Å². The summed E-state index contributed by atoms with van der Waals surface area (Å²) in [5, 5.41) is 0.811. The van der Waals surface area contributed by atoms with E-state index in [-0.39, 0.29) is 4.83 Å². The molecule has 0 aliphatic rings. The molecule has 0 aliphatic heterocycles. The molecule has 1 atom stereocenters. The van der Waals surface area contributed by atoms with Gasteiger partial charge in [0.15, 0.2) is 0 Å². The van der Waals surface area contributed by atoms with Crippen LogP contribution in [0.15, 0.2) is 48.5 Å². The highest BCUT2D eigenvalue weighted by atomic mass is 79.9. The zero-order valence-electron chi connectivity index (χ0n) is 8.95. The van der Waals surface area contributed by atoms with E-state index in [1.807, 2.05) is 31.2 Å². The molecule has 0 amide bonds. The Morgan fingerprint density at radius 3 is 2.38 bits per heavy atom. The number of hydrogen-bond donors (Lipinski definition) is 0. The van der Waals surface area contributed by atoms with Gasteiger partial charge in [0.25, 0.3) is 0 Å². The summed E-state index contributed by atoms with van der Waals surface area (Å²) in [6, 6.07) is 16.4. The van der Waals surface area contributed by atoms with E-state index < -0.39 is 0 Å². The standard InChI is InChI=1S/C14H12BrCl/c1-10-7-8-12(13(16)9-10)14(15)11-5-3-2-4-6-11/h2-9,14H,1H3. The Kier molecular flexibility index (Phi) is 3.67.